The van der Waals surface area contributed by atoms with Gasteiger partial charge in [-0.15, -0.1) is 0 Å². The zero-order valence-electron chi connectivity index (χ0n) is 13.6. The average Bonchev–Trinajstić information content (AvgIpc) is 2.55. The number of hydrogen-bond acceptors (Lipinski definition) is 4. The first-order valence-corrected chi connectivity index (χ1v) is 7.57. The van der Waals surface area contributed by atoms with Crippen molar-refractivity contribution >= 4 is 17.3 Å². The molecule has 0 unspecified atom stereocenters. The minimum atomic E-state index is -0.707. The van der Waals surface area contributed by atoms with Crippen LogP contribution in [0.25, 0.3) is 0 Å². The van der Waals surface area contributed by atoms with E-state index in [-0.39, 0.29) is 17.3 Å². The first-order valence-electron chi connectivity index (χ1n) is 7.57. The van der Waals surface area contributed by atoms with Crippen molar-refractivity contribution in [2.75, 3.05) is 32.5 Å². The summed E-state index contributed by atoms with van der Waals surface area (Å²) in [6, 6.07) is 6.59. The van der Waals surface area contributed by atoms with E-state index in [1.807, 2.05) is 19.0 Å². The summed E-state index contributed by atoms with van der Waals surface area (Å²) >= 11 is 0. The average molecular weight is 334 g/mol. The summed E-state index contributed by atoms with van der Waals surface area (Å²) in [6.07, 6.45) is 2.23. The van der Waals surface area contributed by atoms with Crippen LogP contribution in [0.4, 0.5) is 20.2 Å². The number of para-hydroxylation sites is 1. The molecular formula is C17H20F2N4O. The summed E-state index contributed by atoms with van der Waals surface area (Å²) in [6.45, 7) is 1.39. The van der Waals surface area contributed by atoms with Crippen molar-refractivity contribution in [1.82, 2.24) is 15.2 Å². The third-order valence-electron chi connectivity index (χ3n) is 3.29. The monoisotopic (exact) mass is 334 g/mol. The van der Waals surface area contributed by atoms with E-state index in [1.54, 1.807) is 0 Å². The molecule has 0 saturated carbocycles. The lowest BCUT2D eigenvalue weighted by Crippen LogP contribution is -2.27. The number of nitrogens with zero attached hydrogens (tertiary/aromatic N) is 2. The lowest BCUT2D eigenvalue weighted by Gasteiger charge is -2.11. The van der Waals surface area contributed by atoms with E-state index < -0.39 is 11.6 Å². The number of anilines is 2. The number of hydrogen-bond donors (Lipinski definition) is 2. The Bertz CT molecular complexity index is 686. The molecule has 0 aliphatic carbocycles. The highest BCUT2D eigenvalue weighted by molar-refractivity contribution is 5.93. The Morgan fingerprint density at radius 3 is 2.58 bits per heavy atom. The van der Waals surface area contributed by atoms with E-state index >= 15 is 0 Å². The number of nitrogens with one attached hydrogen (secondary N) is 2. The third-order valence-corrected chi connectivity index (χ3v) is 3.29. The van der Waals surface area contributed by atoms with Gasteiger partial charge in [0.05, 0.1) is 0 Å². The van der Waals surface area contributed by atoms with Gasteiger partial charge < -0.3 is 15.5 Å². The van der Waals surface area contributed by atoms with Crippen LogP contribution < -0.4 is 10.6 Å². The Morgan fingerprint density at radius 2 is 1.92 bits per heavy atom. The second-order valence-electron chi connectivity index (χ2n) is 5.56. The number of amides is 1. The highest BCUT2D eigenvalue weighted by Gasteiger charge is 2.11. The molecule has 1 amide bonds. The number of aromatic nitrogens is 1. The molecule has 0 aliphatic heterocycles. The van der Waals surface area contributed by atoms with Gasteiger partial charge in [0, 0.05) is 18.4 Å². The maximum atomic E-state index is 13.7. The van der Waals surface area contributed by atoms with Crippen LogP contribution in [0.1, 0.15) is 16.9 Å². The molecule has 1 heterocycles. The largest absolute Gasteiger partial charge is 0.351 e. The fourth-order valence-corrected chi connectivity index (χ4v) is 2.08. The standard InChI is InChI=1S/C17H20F2N4O/c1-23(2)10-4-8-21-17(24)15-11-12(7-9-20-15)22-16-13(18)5-3-6-14(16)19/h3,5-7,9,11H,4,8,10H2,1-2H3,(H,20,22)(H,21,24). The molecule has 1 aromatic heterocycles. The maximum absolute atomic E-state index is 13.7. The Labute approximate surface area is 139 Å². The van der Waals surface area contributed by atoms with E-state index in [1.165, 1.54) is 24.4 Å². The molecular weight excluding hydrogens is 314 g/mol. The Hall–Kier alpha value is -2.54. The number of halogens is 2. The zero-order chi connectivity index (χ0) is 17.5. The minimum Gasteiger partial charge on any atom is -0.351 e. The smallest absolute Gasteiger partial charge is 0.269 e. The molecule has 0 spiro atoms. The van der Waals surface area contributed by atoms with Crippen LogP contribution in [0.15, 0.2) is 36.5 Å². The molecule has 0 fully saturated rings. The highest BCUT2D eigenvalue weighted by Crippen LogP contribution is 2.23. The van der Waals surface area contributed by atoms with Crippen LogP contribution >= 0.6 is 0 Å². The second-order valence-corrected chi connectivity index (χ2v) is 5.56. The molecule has 2 rings (SSSR count). The fraction of sp³-hybridized carbons (Fsp3) is 0.294. The molecule has 1 aromatic carbocycles. The van der Waals surface area contributed by atoms with Crippen LogP contribution in [-0.4, -0.2) is 43.0 Å². The predicted octanol–water partition coefficient (Wildman–Crippen LogP) is 2.78. The summed E-state index contributed by atoms with van der Waals surface area (Å²) in [7, 11) is 3.92. The normalized spacial score (nSPS) is 10.7. The van der Waals surface area contributed by atoms with E-state index in [9.17, 15) is 13.6 Å². The van der Waals surface area contributed by atoms with Gasteiger partial charge in [0.25, 0.3) is 5.91 Å². The number of rotatable bonds is 7. The van der Waals surface area contributed by atoms with Crippen LogP contribution in [0.5, 0.6) is 0 Å². The first-order chi connectivity index (χ1) is 11.5. The van der Waals surface area contributed by atoms with Gasteiger partial charge in [-0.1, -0.05) is 6.07 Å². The van der Waals surface area contributed by atoms with E-state index in [2.05, 4.69) is 15.6 Å². The van der Waals surface area contributed by atoms with Crippen molar-refractivity contribution in [3.05, 3.63) is 53.9 Å². The van der Waals surface area contributed by atoms with Crippen molar-refractivity contribution in [3.8, 4) is 0 Å². The molecule has 0 bridgehead atoms. The topological polar surface area (TPSA) is 57.3 Å². The van der Waals surface area contributed by atoms with Crippen LogP contribution in [0, 0.1) is 11.6 Å². The number of carbonyl (C=O) groups excluding carboxylic acids is 1. The Balaban J connectivity index is 2.02. The molecule has 5 nitrogen and oxygen atoms in total. The SMILES string of the molecule is CN(C)CCCNC(=O)c1cc(Nc2c(F)cccc2F)ccn1. The van der Waals surface area contributed by atoms with Gasteiger partial charge in [-0.05, 0) is 51.3 Å². The summed E-state index contributed by atoms with van der Waals surface area (Å²) < 4.78 is 27.3. The Kier molecular flexibility index (Phi) is 6.20. The third kappa shape index (κ3) is 4.99. The molecule has 24 heavy (non-hydrogen) atoms. The van der Waals surface area contributed by atoms with Gasteiger partial charge in [-0.3, -0.25) is 9.78 Å². The van der Waals surface area contributed by atoms with Gasteiger partial charge in [0.15, 0.2) is 0 Å². The van der Waals surface area contributed by atoms with Crippen LogP contribution in [0.3, 0.4) is 0 Å². The summed E-state index contributed by atoms with van der Waals surface area (Å²) in [5.74, 6) is -1.74. The lowest BCUT2D eigenvalue weighted by atomic mass is 10.2. The molecule has 128 valence electrons. The number of benzene rings is 1. The number of carbonyl (C=O) groups is 1. The molecule has 2 aromatic rings. The van der Waals surface area contributed by atoms with Gasteiger partial charge in [0.1, 0.15) is 23.0 Å². The van der Waals surface area contributed by atoms with Crippen LogP contribution in [-0.2, 0) is 0 Å². The zero-order valence-corrected chi connectivity index (χ0v) is 13.6. The van der Waals surface area contributed by atoms with Crippen molar-refractivity contribution < 1.29 is 13.6 Å². The summed E-state index contributed by atoms with van der Waals surface area (Å²) in [5, 5.41) is 5.41. The van der Waals surface area contributed by atoms with E-state index in [0.717, 1.165) is 25.1 Å². The van der Waals surface area contributed by atoms with E-state index in [4.69, 9.17) is 0 Å². The number of pyridine rings is 1. The van der Waals surface area contributed by atoms with Crippen LogP contribution in [0.2, 0.25) is 0 Å². The minimum absolute atomic E-state index is 0.182. The molecule has 7 heteroatoms. The molecule has 2 N–H and O–H groups in total. The molecule has 0 aliphatic rings. The fourth-order valence-electron chi connectivity index (χ4n) is 2.08. The summed E-state index contributed by atoms with van der Waals surface area (Å²) in [5.41, 5.74) is 0.301. The van der Waals surface area contributed by atoms with Crippen molar-refractivity contribution in [3.63, 3.8) is 0 Å². The second kappa shape index (κ2) is 8.35. The Morgan fingerprint density at radius 1 is 1.21 bits per heavy atom. The highest BCUT2D eigenvalue weighted by atomic mass is 19.1. The van der Waals surface area contributed by atoms with E-state index in [0.29, 0.717) is 12.2 Å². The quantitative estimate of drug-likeness (QED) is 0.765. The van der Waals surface area contributed by atoms with Gasteiger partial charge >= 0.3 is 0 Å². The van der Waals surface area contributed by atoms with Crippen molar-refractivity contribution in [2.24, 2.45) is 0 Å². The molecule has 0 radical (unpaired) electrons. The van der Waals surface area contributed by atoms with Gasteiger partial charge in [-0.25, -0.2) is 8.78 Å². The van der Waals surface area contributed by atoms with Crippen molar-refractivity contribution in [2.45, 2.75) is 6.42 Å². The van der Waals surface area contributed by atoms with Gasteiger partial charge in [0.2, 0.25) is 0 Å². The molecule has 0 saturated heterocycles. The van der Waals surface area contributed by atoms with Crippen molar-refractivity contribution in [1.29, 1.82) is 0 Å². The predicted molar refractivity (Wildman–Crippen MR) is 89.4 cm³/mol. The van der Waals surface area contributed by atoms with Gasteiger partial charge in [-0.2, -0.15) is 0 Å². The maximum Gasteiger partial charge on any atom is 0.269 e. The molecule has 0 atom stereocenters. The summed E-state index contributed by atoms with van der Waals surface area (Å²) in [4.78, 5) is 18.1. The first kappa shape index (κ1) is 17.8. The lowest BCUT2D eigenvalue weighted by molar-refractivity contribution is 0.0947.